The predicted molar refractivity (Wildman–Crippen MR) is 117 cm³/mol. The van der Waals surface area contributed by atoms with E-state index in [1.54, 1.807) is 34.0 Å². The molecule has 1 aliphatic heterocycles. The van der Waals surface area contributed by atoms with Gasteiger partial charge >= 0.3 is 0 Å². The van der Waals surface area contributed by atoms with Gasteiger partial charge in [-0.3, -0.25) is 0 Å². The van der Waals surface area contributed by atoms with Crippen LogP contribution in [0.2, 0.25) is 0 Å². The standard InChI is InChI=1S/C23H18F2N8/c24-17-3-4-19(25)18(10-17)20-2-1-8-31(20)22-6-9-32-23(30-22)21(13-29-32)33-14-16(12-28-33)15-5-7-26-27-11-15/h3-7,9-14,20H,1-2,8H2/t20-/m0/s1. The van der Waals surface area contributed by atoms with Gasteiger partial charge in [-0.2, -0.15) is 20.4 Å². The van der Waals surface area contributed by atoms with Crippen LogP contribution in [-0.2, 0) is 0 Å². The van der Waals surface area contributed by atoms with Gasteiger partial charge in [0, 0.05) is 35.6 Å². The van der Waals surface area contributed by atoms with Crippen molar-refractivity contribution in [1.29, 1.82) is 0 Å². The highest BCUT2D eigenvalue weighted by atomic mass is 19.1. The summed E-state index contributed by atoms with van der Waals surface area (Å²) < 4.78 is 31.7. The van der Waals surface area contributed by atoms with E-state index in [0.717, 1.165) is 30.0 Å². The number of nitrogens with zero attached hydrogens (tertiary/aromatic N) is 8. The number of hydrogen-bond donors (Lipinski definition) is 0. The third-order valence-electron chi connectivity index (χ3n) is 5.95. The Bertz CT molecular complexity index is 1450. The molecule has 0 N–H and O–H groups in total. The average Bonchev–Trinajstić information content (AvgIpc) is 3.60. The van der Waals surface area contributed by atoms with Crippen LogP contribution >= 0.6 is 0 Å². The minimum absolute atomic E-state index is 0.280. The van der Waals surface area contributed by atoms with E-state index >= 15 is 0 Å². The van der Waals surface area contributed by atoms with E-state index in [4.69, 9.17) is 4.98 Å². The normalized spacial score (nSPS) is 16.1. The molecule has 0 radical (unpaired) electrons. The van der Waals surface area contributed by atoms with Crippen LogP contribution in [0.3, 0.4) is 0 Å². The zero-order chi connectivity index (χ0) is 22.4. The smallest absolute Gasteiger partial charge is 0.183 e. The Kier molecular flexibility index (Phi) is 4.56. The largest absolute Gasteiger partial charge is 0.349 e. The first-order valence-electron chi connectivity index (χ1n) is 10.6. The SMILES string of the molecule is Fc1ccc(F)c([C@@H]2CCCN2c2ccn3ncc(-n4cc(-c5ccnnc5)cn4)c3n2)c1. The van der Waals surface area contributed by atoms with Gasteiger partial charge < -0.3 is 4.90 Å². The molecule has 164 valence electrons. The van der Waals surface area contributed by atoms with Crippen molar-refractivity contribution in [3.05, 3.63) is 84.7 Å². The highest BCUT2D eigenvalue weighted by molar-refractivity contribution is 5.64. The quantitative estimate of drug-likeness (QED) is 0.417. The molecular formula is C23H18F2N8. The molecule has 5 heterocycles. The Morgan fingerprint density at radius 3 is 2.76 bits per heavy atom. The molecule has 1 atom stereocenters. The van der Waals surface area contributed by atoms with Crippen molar-refractivity contribution in [2.24, 2.45) is 0 Å². The molecule has 0 aliphatic carbocycles. The van der Waals surface area contributed by atoms with Crippen molar-refractivity contribution in [3.63, 3.8) is 0 Å². The Balaban J connectivity index is 1.38. The zero-order valence-electron chi connectivity index (χ0n) is 17.4. The van der Waals surface area contributed by atoms with Crippen LogP contribution in [0, 0.1) is 11.6 Å². The molecule has 4 aromatic heterocycles. The lowest BCUT2D eigenvalue weighted by molar-refractivity contribution is 0.560. The minimum Gasteiger partial charge on any atom is -0.349 e. The van der Waals surface area contributed by atoms with Crippen LogP contribution in [0.4, 0.5) is 14.6 Å². The van der Waals surface area contributed by atoms with Crippen LogP contribution in [0.15, 0.2) is 67.5 Å². The summed E-state index contributed by atoms with van der Waals surface area (Å²) in [6.45, 7) is 0.703. The van der Waals surface area contributed by atoms with Gasteiger partial charge in [0.2, 0.25) is 0 Å². The molecule has 33 heavy (non-hydrogen) atoms. The number of halogens is 2. The number of rotatable bonds is 4. The van der Waals surface area contributed by atoms with Gasteiger partial charge in [-0.25, -0.2) is 23.0 Å². The van der Waals surface area contributed by atoms with Crippen LogP contribution in [0.5, 0.6) is 0 Å². The number of anilines is 1. The molecule has 0 bridgehead atoms. The maximum Gasteiger partial charge on any atom is 0.183 e. The molecule has 0 saturated carbocycles. The molecule has 1 fully saturated rings. The maximum atomic E-state index is 14.5. The van der Waals surface area contributed by atoms with Gasteiger partial charge in [0.25, 0.3) is 0 Å². The monoisotopic (exact) mass is 444 g/mol. The third-order valence-corrected chi connectivity index (χ3v) is 5.95. The van der Waals surface area contributed by atoms with E-state index in [0.29, 0.717) is 29.3 Å². The first-order valence-corrected chi connectivity index (χ1v) is 10.6. The highest BCUT2D eigenvalue weighted by Crippen LogP contribution is 2.37. The summed E-state index contributed by atoms with van der Waals surface area (Å²) in [6, 6.07) is 7.02. The second-order valence-electron chi connectivity index (χ2n) is 7.91. The highest BCUT2D eigenvalue weighted by Gasteiger charge is 2.30. The average molecular weight is 444 g/mol. The first kappa shape index (κ1) is 19.5. The summed E-state index contributed by atoms with van der Waals surface area (Å²) in [5.41, 5.74) is 3.46. The molecule has 6 rings (SSSR count). The molecule has 0 unspecified atom stereocenters. The molecular weight excluding hydrogens is 426 g/mol. The summed E-state index contributed by atoms with van der Waals surface area (Å²) in [6.07, 6.45) is 12.0. The summed E-state index contributed by atoms with van der Waals surface area (Å²) in [7, 11) is 0. The summed E-state index contributed by atoms with van der Waals surface area (Å²) >= 11 is 0. The molecule has 0 amide bonds. The van der Waals surface area contributed by atoms with Gasteiger partial charge in [0.05, 0.1) is 30.8 Å². The Morgan fingerprint density at radius 1 is 0.939 bits per heavy atom. The summed E-state index contributed by atoms with van der Waals surface area (Å²) in [5, 5.41) is 16.6. The molecule has 1 aliphatic rings. The van der Waals surface area contributed by atoms with Gasteiger partial charge in [0.1, 0.15) is 23.1 Å². The molecule has 5 aromatic rings. The summed E-state index contributed by atoms with van der Waals surface area (Å²) in [4.78, 5) is 6.85. The molecule has 10 heteroatoms. The van der Waals surface area contributed by atoms with Crippen molar-refractivity contribution in [2.75, 3.05) is 11.4 Å². The number of aromatic nitrogens is 7. The topological polar surface area (TPSA) is 77.0 Å². The molecule has 0 spiro atoms. The number of fused-ring (bicyclic) bond motifs is 1. The van der Waals surface area contributed by atoms with E-state index in [9.17, 15) is 8.78 Å². The second-order valence-corrected chi connectivity index (χ2v) is 7.91. The lowest BCUT2D eigenvalue weighted by atomic mass is 10.0. The fourth-order valence-corrected chi connectivity index (χ4v) is 4.37. The van der Waals surface area contributed by atoms with E-state index in [1.165, 1.54) is 12.1 Å². The molecule has 1 saturated heterocycles. The van der Waals surface area contributed by atoms with E-state index in [1.807, 2.05) is 29.4 Å². The lowest BCUT2D eigenvalue weighted by Crippen LogP contribution is -2.24. The maximum absolute atomic E-state index is 14.5. The van der Waals surface area contributed by atoms with Crippen LogP contribution in [0.1, 0.15) is 24.4 Å². The van der Waals surface area contributed by atoms with E-state index < -0.39 is 11.6 Å². The first-order chi connectivity index (χ1) is 16.2. The summed E-state index contributed by atoms with van der Waals surface area (Å²) in [5.74, 6) is -0.172. The van der Waals surface area contributed by atoms with Gasteiger partial charge in [-0.05, 0) is 43.2 Å². The Hall–Kier alpha value is -4.21. The van der Waals surface area contributed by atoms with Crippen LogP contribution < -0.4 is 4.90 Å². The van der Waals surface area contributed by atoms with E-state index in [2.05, 4.69) is 20.4 Å². The van der Waals surface area contributed by atoms with Crippen LogP contribution in [0.25, 0.3) is 22.5 Å². The third kappa shape index (κ3) is 3.39. The lowest BCUT2D eigenvalue weighted by Gasteiger charge is -2.26. The van der Waals surface area contributed by atoms with Crippen molar-refractivity contribution < 1.29 is 8.78 Å². The Labute approximate surface area is 187 Å². The fourth-order valence-electron chi connectivity index (χ4n) is 4.37. The van der Waals surface area contributed by atoms with Crippen molar-refractivity contribution in [2.45, 2.75) is 18.9 Å². The van der Waals surface area contributed by atoms with E-state index in [-0.39, 0.29) is 6.04 Å². The van der Waals surface area contributed by atoms with Gasteiger partial charge in [0.15, 0.2) is 5.65 Å². The fraction of sp³-hybridized carbons (Fsp3) is 0.174. The van der Waals surface area contributed by atoms with Gasteiger partial charge in [-0.15, -0.1) is 0 Å². The number of benzene rings is 1. The minimum atomic E-state index is -0.446. The van der Waals surface area contributed by atoms with Crippen molar-refractivity contribution in [1.82, 2.24) is 34.6 Å². The molecule has 8 nitrogen and oxygen atoms in total. The van der Waals surface area contributed by atoms with Crippen LogP contribution in [-0.4, -0.2) is 41.1 Å². The second kappa shape index (κ2) is 7.73. The predicted octanol–water partition coefficient (Wildman–Crippen LogP) is 3.99. The van der Waals surface area contributed by atoms with Gasteiger partial charge in [-0.1, -0.05) is 0 Å². The van der Waals surface area contributed by atoms with Crippen molar-refractivity contribution in [3.8, 4) is 16.8 Å². The number of hydrogen-bond acceptors (Lipinski definition) is 6. The molecule has 1 aromatic carbocycles. The zero-order valence-corrected chi connectivity index (χ0v) is 17.4. The Morgan fingerprint density at radius 2 is 1.88 bits per heavy atom. The van der Waals surface area contributed by atoms with Crippen molar-refractivity contribution >= 4 is 11.5 Å².